The van der Waals surface area contributed by atoms with Crippen molar-refractivity contribution >= 4 is 0 Å². The first-order valence-corrected chi connectivity index (χ1v) is 10.1. The van der Waals surface area contributed by atoms with Crippen molar-refractivity contribution in [1.29, 1.82) is 0 Å². The lowest BCUT2D eigenvalue weighted by atomic mass is 9.89. The molecule has 1 aromatic rings. The number of hydrogen-bond acceptors (Lipinski definition) is 4. The summed E-state index contributed by atoms with van der Waals surface area (Å²) in [6, 6.07) is 12.2. The molecule has 4 rings (SSSR count). The van der Waals surface area contributed by atoms with Crippen LogP contribution >= 0.6 is 0 Å². The van der Waals surface area contributed by atoms with Crippen LogP contribution in [-0.2, 0) is 15.9 Å². The Hall–Kier alpha value is -0.940. The van der Waals surface area contributed by atoms with Gasteiger partial charge in [-0.3, -0.25) is 0 Å². The molecule has 1 N–H and O–H groups in total. The van der Waals surface area contributed by atoms with E-state index in [0.29, 0.717) is 12.1 Å². The molecular weight excluding hydrogens is 312 g/mol. The number of ether oxygens (including phenoxy) is 2. The van der Waals surface area contributed by atoms with Crippen molar-refractivity contribution in [3.8, 4) is 0 Å². The summed E-state index contributed by atoms with van der Waals surface area (Å²) < 4.78 is 11.7. The molecule has 3 fully saturated rings. The number of rotatable bonds is 5. The van der Waals surface area contributed by atoms with Crippen LogP contribution in [-0.4, -0.2) is 55.6 Å². The molecule has 0 radical (unpaired) electrons. The van der Waals surface area contributed by atoms with E-state index in [9.17, 15) is 0 Å². The first-order valence-electron chi connectivity index (χ1n) is 10.1. The van der Waals surface area contributed by atoms with Gasteiger partial charge >= 0.3 is 0 Å². The Kier molecular flexibility index (Phi) is 5.71. The molecule has 2 heterocycles. The highest BCUT2D eigenvalue weighted by atomic mass is 16.7. The standard InChI is InChI=1S/C21H32N2O2/c1-2-4-18(5-3-1)8-13-23-14-9-20(10-15-23)22-19-6-11-21(12-7-19)24-16-17-25-21/h1-5,19-20,22H,6-17H2. The highest BCUT2D eigenvalue weighted by Crippen LogP contribution is 2.36. The van der Waals surface area contributed by atoms with Crippen LogP contribution in [0, 0.1) is 0 Å². The van der Waals surface area contributed by atoms with Gasteiger partial charge in [0, 0.05) is 31.5 Å². The summed E-state index contributed by atoms with van der Waals surface area (Å²) in [5, 5.41) is 3.92. The number of piperidine rings is 1. The second-order valence-corrected chi connectivity index (χ2v) is 7.90. The van der Waals surface area contributed by atoms with Crippen LogP contribution < -0.4 is 5.32 Å². The Balaban J connectivity index is 1.14. The number of nitrogens with one attached hydrogen (secondary N) is 1. The van der Waals surface area contributed by atoms with Crippen LogP contribution in [0.5, 0.6) is 0 Å². The van der Waals surface area contributed by atoms with E-state index < -0.39 is 0 Å². The Morgan fingerprint density at radius 3 is 2.24 bits per heavy atom. The normalized spacial score (nSPS) is 25.6. The van der Waals surface area contributed by atoms with E-state index in [4.69, 9.17) is 9.47 Å². The van der Waals surface area contributed by atoms with Gasteiger partial charge in [-0.2, -0.15) is 0 Å². The Morgan fingerprint density at radius 2 is 1.56 bits per heavy atom. The zero-order valence-electron chi connectivity index (χ0n) is 15.3. The van der Waals surface area contributed by atoms with Gasteiger partial charge in [0.1, 0.15) is 0 Å². The van der Waals surface area contributed by atoms with Gasteiger partial charge in [-0.1, -0.05) is 30.3 Å². The van der Waals surface area contributed by atoms with Crippen LogP contribution in [0.2, 0.25) is 0 Å². The van der Waals surface area contributed by atoms with E-state index in [1.807, 2.05) is 0 Å². The zero-order valence-corrected chi connectivity index (χ0v) is 15.3. The van der Waals surface area contributed by atoms with Crippen molar-refractivity contribution < 1.29 is 9.47 Å². The fourth-order valence-corrected chi connectivity index (χ4v) is 4.60. The van der Waals surface area contributed by atoms with Crippen molar-refractivity contribution in [2.24, 2.45) is 0 Å². The molecule has 1 spiro atoms. The zero-order chi connectivity index (χ0) is 17.0. The highest BCUT2D eigenvalue weighted by molar-refractivity contribution is 5.14. The topological polar surface area (TPSA) is 33.7 Å². The third-order valence-electron chi connectivity index (χ3n) is 6.18. The maximum absolute atomic E-state index is 5.84. The van der Waals surface area contributed by atoms with Crippen molar-refractivity contribution in [1.82, 2.24) is 10.2 Å². The quantitative estimate of drug-likeness (QED) is 0.890. The molecule has 0 atom stereocenters. The molecular formula is C21H32N2O2. The summed E-state index contributed by atoms with van der Waals surface area (Å²) in [5.74, 6) is -0.223. The number of likely N-dealkylation sites (tertiary alicyclic amines) is 1. The summed E-state index contributed by atoms with van der Waals surface area (Å²) in [5.41, 5.74) is 1.45. The van der Waals surface area contributed by atoms with Gasteiger partial charge in [-0.25, -0.2) is 0 Å². The van der Waals surface area contributed by atoms with Gasteiger partial charge in [0.05, 0.1) is 13.2 Å². The second kappa shape index (κ2) is 8.17. The Morgan fingerprint density at radius 1 is 0.920 bits per heavy atom. The number of hydrogen-bond donors (Lipinski definition) is 1. The molecule has 138 valence electrons. The molecule has 1 aliphatic carbocycles. The molecule has 1 saturated carbocycles. The third kappa shape index (κ3) is 4.62. The lowest BCUT2D eigenvalue weighted by Crippen LogP contribution is -2.49. The van der Waals surface area contributed by atoms with Gasteiger partial charge < -0.3 is 19.7 Å². The maximum Gasteiger partial charge on any atom is 0.168 e. The monoisotopic (exact) mass is 344 g/mol. The average molecular weight is 344 g/mol. The van der Waals surface area contributed by atoms with Gasteiger partial charge in [-0.15, -0.1) is 0 Å². The largest absolute Gasteiger partial charge is 0.348 e. The predicted octanol–water partition coefficient (Wildman–Crippen LogP) is 2.97. The van der Waals surface area contributed by atoms with Crippen LogP contribution in [0.1, 0.15) is 44.1 Å². The SMILES string of the molecule is c1ccc(CCN2CCC(NC3CCC4(CC3)OCCO4)CC2)cc1. The lowest BCUT2D eigenvalue weighted by molar-refractivity contribution is -0.179. The van der Waals surface area contributed by atoms with Crippen LogP contribution in [0.25, 0.3) is 0 Å². The molecule has 0 amide bonds. The second-order valence-electron chi connectivity index (χ2n) is 7.90. The van der Waals surface area contributed by atoms with Crippen molar-refractivity contribution in [2.75, 3.05) is 32.8 Å². The Labute approximate surface area is 151 Å². The number of benzene rings is 1. The van der Waals surface area contributed by atoms with Crippen LogP contribution in [0.3, 0.4) is 0 Å². The van der Waals surface area contributed by atoms with Gasteiger partial charge in [0.2, 0.25) is 0 Å². The molecule has 1 aromatic carbocycles. The minimum Gasteiger partial charge on any atom is -0.348 e. The van der Waals surface area contributed by atoms with Crippen molar-refractivity contribution in [3.05, 3.63) is 35.9 Å². The Bertz CT molecular complexity index is 512. The molecule has 2 saturated heterocycles. The molecule has 0 unspecified atom stereocenters. The van der Waals surface area contributed by atoms with Gasteiger partial charge in [0.25, 0.3) is 0 Å². The molecule has 3 aliphatic rings. The number of nitrogens with zero attached hydrogens (tertiary/aromatic N) is 1. The summed E-state index contributed by atoms with van der Waals surface area (Å²) in [4.78, 5) is 2.63. The van der Waals surface area contributed by atoms with Crippen molar-refractivity contribution in [3.63, 3.8) is 0 Å². The molecule has 25 heavy (non-hydrogen) atoms. The van der Waals surface area contributed by atoms with E-state index in [2.05, 4.69) is 40.5 Å². The lowest BCUT2D eigenvalue weighted by Gasteiger charge is -2.39. The van der Waals surface area contributed by atoms with E-state index >= 15 is 0 Å². The van der Waals surface area contributed by atoms with Crippen molar-refractivity contribution in [2.45, 2.75) is 62.8 Å². The molecule has 4 heteroatoms. The third-order valence-corrected chi connectivity index (χ3v) is 6.18. The highest BCUT2D eigenvalue weighted by Gasteiger charge is 2.40. The summed E-state index contributed by atoms with van der Waals surface area (Å²) in [7, 11) is 0. The van der Waals surface area contributed by atoms with E-state index in [1.54, 1.807) is 0 Å². The van der Waals surface area contributed by atoms with Gasteiger partial charge in [-0.05, 0) is 50.8 Å². The van der Waals surface area contributed by atoms with E-state index in [0.717, 1.165) is 26.1 Å². The first kappa shape index (κ1) is 17.5. The van der Waals surface area contributed by atoms with E-state index in [1.165, 1.54) is 57.3 Å². The maximum atomic E-state index is 5.84. The predicted molar refractivity (Wildman–Crippen MR) is 99.6 cm³/mol. The summed E-state index contributed by atoms with van der Waals surface area (Å²) in [6.45, 7) is 5.21. The fourth-order valence-electron chi connectivity index (χ4n) is 4.60. The van der Waals surface area contributed by atoms with Gasteiger partial charge in [0.15, 0.2) is 5.79 Å². The van der Waals surface area contributed by atoms with E-state index in [-0.39, 0.29) is 5.79 Å². The first-order chi connectivity index (χ1) is 12.3. The fraction of sp³-hybridized carbons (Fsp3) is 0.714. The molecule has 4 nitrogen and oxygen atoms in total. The summed E-state index contributed by atoms with van der Waals surface area (Å²) >= 11 is 0. The average Bonchev–Trinajstić information content (AvgIpc) is 3.12. The summed E-state index contributed by atoms with van der Waals surface area (Å²) in [6.07, 6.45) is 8.22. The molecule has 2 aliphatic heterocycles. The minimum absolute atomic E-state index is 0.223. The van der Waals surface area contributed by atoms with Crippen LogP contribution in [0.4, 0.5) is 0 Å². The molecule has 0 aromatic heterocycles. The minimum atomic E-state index is -0.223. The molecule has 0 bridgehead atoms. The van der Waals surface area contributed by atoms with Crippen LogP contribution in [0.15, 0.2) is 30.3 Å². The smallest absolute Gasteiger partial charge is 0.168 e.